The zero-order chi connectivity index (χ0) is 12.3. The highest BCUT2D eigenvalue weighted by Crippen LogP contribution is 2.23. The molecule has 2 rings (SSSR count). The molecule has 0 fully saturated rings. The summed E-state index contributed by atoms with van der Waals surface area (Å²) < 4.78 is 31.2. The van der Waals surface area contributed by atoms with Gasteiger partial charge in [0.2, 0.25) is 5.88 Å². The molecule has 0 N–H and O–H groups in total. The third kappa shape index (κ3) is 2.88. The van der Waals surface area contributed by atoms with Crippen LogP contribution < -0.4 is 4.74 Å². The number of rotatable bonds is 3. The number of halogens is 3. The minimum absolute atomic E-state index is 0.0726. The molecule has 0 atom stereocenters. The molecule has 1 aromatic heterocycles. The summed E-state index contributed by atoms with van der Waals surface area (Å²) in [4.78, 5) is 7.77. The second-order valence-corrected chi connectivity index (χ2v) is 3.42. The van der Waals surface area contributed by atoms with Gasteiger partial charge >= 0.3 is 0 Å². The standard InChI is InChI=1S/C11H7ClF2N2O/c12-4-8-5-16-11(6-15-8)17-10-3-7(13)1-2-9(10)14/h1-3,5-6H,4H2. The van der Waals surface area contributed by atoms with Crippen molar-refractivity contribution in [3.63, 3.8) is 0 Å². The fourth-order valence-corrected chi connectivity index (χ4v) is 1.27. The topological polar surface area (TPSA) is 35.0 Å². The van der Waals surface area contributed by atoms with Crippen molar-refractivity contribution in [1.82, 2.24) is 9.97 Å². The van der Waals surface area contributed by atoms with Crippen molar-refractivity contribution in [2.45, 2.75) is 5.88 Å². The highest BCUT2D eigenvalue weighted by Gasteiger charge is 2.07. The molecule has 0 spiro atoms. The van der Waals surface area contributed by atoms with E-state index in [-0.39, 0.29) is 17.5 Å². The number of hydrogen-bond acceptors (Lipinski definition) is 3. The second-order valence-electron chi connectivity index (χ2n) is 3.16. The first kappa shape index (κ1) is 11.7. The summed E-state index contributed by atoms with van der Waals surface area (Å²) in [7, 11) is 0. The Morgan fingerprint density at radius 3 is 2.65 bits per heavy atom. The normalized spacial score (nSPS) is 10.3. The van der Waals surface area contributed by atoms with E-state index in [1.54, 1.807) is 0 Å². The van der Waals surface area contributed by atoms with Gasteiger partial charge in [-0.1, -0.05) is 0 Å². The highest BCUT2D eigenvalue weighted by molar-refractivity contribution is 6.16. The van der Waals surface area contributed by atoms with Crippen LogP contribution in [0, 0.1) is 11.6 Å². The molecular weight excluding hydrogens is 250 g/mol. The van der Waals surface area contributed by atoms with Crippen LogP contribution in [0.2, 0.25) is 0 Å². The average Bonchev–Trinajstić information content (AvgIpc) is 2.35. The summed E-state index contributed by atoms with van der Waals surface area (Å²) in [5.41, 5.74) is 0.568. The van der Waals surface area contributed by atoms with Crippen molar-refractivity contribution in [3.05, 3.63) is 47.9 Å². The third-order valence-corrected chi connectivity index (χ3v) is 2.20. The molecular formula is C11H7ClF2N2O. The van der Waals surface area contributed by atoms with E-state index < -0.39 is 11.6 Å². The van der Waals surface area contributed by atoms with Gasteiger partial charge in [-0.15, -0.1) is 11.6 Å². The van der Waals surface area contributed by atoms with Crippen molar-refractivity contribution in [1.29, 1.82) is 0 Å². The molecule has 88 valence electrons. The Morgan fingerprint density at radius 1 is 1.18 bits per heavy atom. The van der Waals surface area contributed by atoms with Gasteiger partial charge in [0.25, 0.3) is 0 Å². The number of benzene rings is 1. The van der Waals surface area contributed by atoms with Gasteiger partial charge in [0.05, 0.1) is 24.0 Å². The lowest BCUT2D eigenvalue weighted by Gasteiger charge is -2.05. The highest BCUT2D eigenvalue weighted by atomic mass is 35.5. The first-order valence-corrected chi connectivity index (χ1v) is 5.22. The molecule has 0 aliphatic heterocycles. The molecule has 0 saturated carbocycles. The fourth-order valence-electron chi connectivity index (χ4n) is 1.13. The first-order valence-electron chi connectivity index (χ1n) is 4.69. The van der Waals surface area contributed by atoms with Crippen LogP contribution in [0.4, 0.5) is 8.78 Å². The Balaban J connectivity index is 2.22. The number of alkyl halides is 1. The largest absolute Gasteiger partial charge is 0.434 e. The minimum atomic E-state index is -0.672. The quantitative estimate of drug-likeness (QED) is 0.791. The van der Waals surface area contributed by atoms with Gasteiger partial charge in [-0.3, -0.25) is 4.98 Å². The molecule has 17 heavy (non-hydrogen) atoms. The van der Waals surface area contributed by atoms with Gasteiger partial charge in [0.1, 0.15) is 5.82 Å². The minimum Gasteiger partial charge on any atom is -0.434 e. The summed E-state index contributed by atoms with van der Waals surface area (Å²) >= 11 is 5.53. The van der Waals surface area contributed by atoms with E-state index in [4.69, 9.17) is 16.3 Å². The molecule has 0 aliphatic rings. The molecule has 0 radical (unpaired) electrons. The Labute approximate surface area is 101 Å². The number of aromatic nitrogens is 2. The van der Waals surface area contributed by atoms with Crippen LogP contribution in [-0.2, 0) is 5.88 Å². The van der Waals surface area contributed by atoms with Crippen LogP contribution in [0.5, 0.6) is 11.6 Å². The number of nitrogens with zero attached hydrogens (tertiary/aromatic N) is 2. The molecule has 1 aromatic carbocycles. The number of hydrogen-bond donors (Lipinski definition) is 0. The van der Waals surface area contributed by atoms with Crippen molar-refractivity contribution in [2.24, 2.45) is 0 Å². The maximum Gasteiger partial charge on any atom is 0.237 e. The van der Waals surface area contributed by atoms with Gasteiger partial charge in [-0.2, -0.15) is 0 Å². The van der Waals surface area contributed by atoms with Crippen LogP contribution in [0.15, 0.2) is 30.6 Å². The Morgan fingerprint density at radius 2 is 2.00 bits per heavy atom. The smallest absolute Gasteiger partial charge is 0.237 e. The Hall–Kier alpha value is -1.75. The van der Waals surface area contributed by atoms with Gasteiger partial charge < -0.3 is 4.74 Å². The van der Waals surface area contributed by atoms with Crippen LogP contribution in [0.1, 0.15) is 5.69 Å². The summed E-state index contributed by atoms with van der Waals surface area (Å²) in [6.45, 7) is 0. The molecule has 0 unspecified atom stereocenters. The third-order valence-electron chi connectivity index (χ3n) is 1.93. The molecule has 6 heteroatoms. The van der Waals surface area contributed by atoms with E-state index >= 15 is 0 Å². The lowest BCUT2D eigenvalue weighted by Crippen LogP contribution is -1.94. The van der Waals surface area contributed by atoms with E-state index in [9.17, 15) is 8.78 Å². The van der Waals surface area contributed by atoms with Crippen LogP contribution in [0.3, 0.4) is 0 Å². The molecule has 0 bridgehead atoms. The van der Waals surface area contributed by atoms with Crippen molar-refractivity contribution < 1.29 is 13.5 Å². The number of ether oxygens (including phenoxy) is 1. The van der Waals surface area contributed by atoms with Gasteiger partial charge in [-0.25, -0.2) is 13.8 Å². The maximum absolute atomic E-state index is 13.2. The van der Waals surface area contributed by atoms with Gasteiger partial charge in [0.15, 0.2) is 11.6 Å². The van der Waals surface area contributed by atoms with E-state index in [1.807, 2.05) is 0 Å². The van der Waals surface area contributed by atoms with Crippen molar-refractivity contribution in [2.75, 3.05) is 0 Å². The van der Waals surface area contributed by atoms with E-state index in [0.717, 1.165) is 18.2 Å². The molecule has 1 heterocycles. The molecule has 3 nitrogen and oxygen atoms in total. The average molecular weight is 257 g/mol. The lowest BCUT2D eigenvalue weighted by atomic mass is 10.3. The van der Waals surface area contributed by atoms with Gasteiger partial charge in [-0.05, 0) is 12.1 Å². The van der Waals surface area contributed by atoms with Crippen LogP contribution >= 0.6 is 11.6 Å². The molecule has 0 amide bonds. The summed E-state index contributed by atoms with van der Waals surface area (Å²) in [6, 6.07) is 2.92. The SMILES string of the molecule is Fc1ccc(F)c(Oc2cnc(CCl)cn2)c1. The van der Waals surface area contributed by atoms with Crippen LogP contribution in [-0.4, -0.2) is 9.97 Å². The summed E-state index contributed by atoms with van der Waals surface area (Å²) in [6.07, 6.45) is 2.70. The zero-order valence-corrected chi connectivity index (χ0v) is 9.29. The summed E-state index contributed by atoms with van der Waals surface area (Å²) in [5.74, 6) is -1.20. The van der Waals surface area contributed by atoms with E-state index in [2.05, 4.69) is 9.97 Å². The monoisotopic (exact) mass is 256 g/mol. The van der Waals surface area contributed by atoms with Gasteiger partial charge in [0, 0.05) is 6.07 Å². The Kier molecular flexibility index (Phi) is 3.49. The molecule has 0 saturated heterocycles. The van der Waals surface area contributed by atoms with Crippen LogP contribution in [0.25, 0.3) is 0 Å². The second kappa shape index (κ2) is 5.05. The molecule has 0 aliphatic carbocycles. The van der Waals surface area contributed by atoms with Crippen molar-refractivity contribution >= 4 is 11.6 Å². The summed E-state index contributed by atoms with van der Waals surface area (Å²) in [5, 5.41) is 0. The lowest BCUT2D eigenvalue weighted by molar-refractivity contribution is 0.420. The predicted octanol–water partition coefficient (Wildman–Crippen LogP) is 3.29. The molecule has 2 aromatic rings. The van der Waals surface area contributed by atoms with E-state index in [0.29, 0.717) is 5.69 Å². The zero-order valence-electron chi connectivity index (χ0n) is 8.53. The maximum atomic E-state index is 13.2. The fraction of sp³-hybridized carbons (Fsp3) is 0.0909. The predicted molar refractivity (Wildman–Crippen MR) is 58.0 cm³/mol. The Bertz CT molecular complexity index is 519. The van der Waals surface area contributed by atoms with Crippen molar-refractivity contribution in [3.8, 4) is 11.6 Å². The first-order chi connectivity index (χ1) is 8.19. The van der Waals surface area contributed by atoms with E-state index in [1.165, 1.54) is 12.4 Å².